The van der Waals surface area contributed by atoms with E-state index < -0.39 is 0 Å². The summed E-state index contributed by atoms with van der Waals surface area (Å²) in [7, 11) is 0. The number of nitrogens with one attached hydrogen (secondary N) is 2. The molecule has 4 heteroatoms. The van der Waals surface area contributed by atoms with Gasteiger partial charge in [-0.05, 0) is 30.9 Å². The molecular formula is C15H22N4. The van der Waals surface area contributed by atoms with Crippen molar-refractivity contribution in [1.29, 1.82) is 0 Å². The quantitative estimate of drug-likeness (QED) is 0.790. The number of H-pyrrole nitrogens is 1. The molecule has 1 aliphatic rings. The Morgan fingerprint density at radius 1 is 1.26 bits per heavy atom. The van der Waals surface area contributed by atoms with Crippen LogP contribution in [-0.2, 0) is 0 Å². The first-order chi connectivity index (χ1) is 9.36. The van der Waals surface area contributed by atoms with E-state index in [9.17, 15) is 0 Å². The molecule has 1 atom stereocenters. The van der Waals surface area contributed by atoms with Gasteiger partial charge in [0.2, 0.25) is 5.95 Å². The Balaban J connectivity index is 1.74. The lowest BCUT2D eigenvalue weighted by atomic mass is 9.84. The lowest BCUT2D eigenvalue weighted by Gasteiger charge is -2.29. The van der Waals surface area contributed by atoms with Crippen LogP contribution in [0.5, 0.6) is 0 Å². The highest BCUT2D eigenvalue weighted by Gasteiger charge is 2.23. The van der Waals surface area contributed by atoms with E-state index in [1.807, 2.05) is 24.3 Å². The third-order valence-electron chi connectivity index (χ3n) is 4.18. The van der Waals surface area contributed by atoms with E-state index in [2.05, 4.69) is 15.3 Å². The average Bonchev–Trinajstić information content (AvgIpc) is 2.88. The second-order valence-electron chi connectivity index (χ2n) is 5.49. The van der Waals surface area contributed by atoms with Gasteiger partial charge in [-0.1, -0.05) is 31.4 Å². The van der Waals surface area contributed by atoms with Crippen molar-refractivity contribution >= 4 is 17.0 Å². The largest absolute Gasteiger partial charge is 0.352 e. The Morgan fingerprint density at radius 2 is 2.05 bits per heavy atom. The smallest absolute Gasteiger partial charge is 0.201 e. The van der Waals surface area contributed by atoms with Gasteiger partial charge in [0.25, 0.3) is 0 Å². The minimum absolute atomic E-state index is 0.334. The summed E-state index contributed by atoms with van der Waals surface area (Å²) in [5, 5.41) is 3.50. The van der Waals surface area contributed by atoms with Crippen LogP contribution in [0.2, 0.25) is 0 Å². The Labute approximate surface area is 113 Å². The topological polar surface area (TPSA) is 66.7 Å². The van der Waals surface area contributed by atoms with Crippen LogP contribution in [0.3, 0.4) is 0 Å². The number of nitrogens with two attached hydrogens (primary N) is 1. The third kappa shape index (κ3) is 2.73. The Bertz CT molecular complexity index is 495. The minimum atomic E-state index is 0.334. The Morgan fingerprint density at radius 3 is 2.79 bits per heavy atom. The number of aromatic amines is 1. The number of fused-ring (bicyclic) bond motifs is 1. The SMILES string of the molecule is NCC(Nc1nc2ccccc2[nH]1)C1CCCCC1. The number of anilines is 1. The normalized spacial score (nSPS) is 18.6. The average molecular weight is 258 g/mol. The van der Waals surface area contributed by atoms with Crippen molar-refractivity contribution in [2.24, 2.45) is 11.7 Å². The van der Waals surface area contributed by atoms with Gasteiger partial charge in [-0.25, -0.2) is 4.98 Å². The van der Waals surface area contributed by atoms with Crippen molar-refractivity contribution < 1.29 is 0 Å². The molecule has 4 nitrogen and oxygen atoms in total. The lowest BCUT2D eigenvalue weighted by molar-refractivity contribution is 0.320. The molecule has 1 aliphatic carbocycles. The second kappa shape index (κ2) is 5.61. The first-order valence-corrected chi connectivity index (χ1v) is 7.28. The van der Waals surface area contributed by atoms with Crippen molar-refractivity contribution in [3.63, 3.8) is 0 Å². The summed E-state index contributed by atoms with van der Waals surface area (Å²) in [5.41, 5.74) is 8.02. The molecule has 3 rings (SSSR count). The van der Waals surface area contributed by atoms with Crippen LogP contribution in [-0.4, -0.2) is 22.6 Å². The number of benzene rings is 1. The summed E-state index contributed by atoms with van der Waals surface area (Å²) < 4.78 is 0. The molecule has 1 unspecified atom stereocenters. The van der Waals surface area contributed by atoms with Crippen LogP contribution < -0.4 is 11.1 Å². The first-order valence-electron chi connectivity index (χ1n) is 7.28. The standard InChI is InChI=1S/C15H22N4/c16-10-14(11-6-2-1-3-7-11)19-15-17-12-8-4-5-9-13(12)18-15/h4-5,8-9,11,14H,1-3,6-7,10,16H2,(H2,17,18,19). The summed E-state index contributed by atoms with van der Waals surface area (Å²) >= 11 is 0. The van der Waals surface area contributed by atoms with E-state index in [4.69, 9.17) is 5.73 Å². The fourth-order valence-corrected chi connectivity index (χ4v) is 3.10. The Hall–Kier alpha value is -1.55. The fraction of sp³-hybridized carbons (Fsp3) is 0.533. The monoisotopic (exact) mass is 258 g/mol. The summed E-state index contributed by atoms with van der Waals surface area (Å²) in [4.78, 5) is 7.89. The number of nitrogens with zero attached hydrogens (tertiary/aromatic N) is 1. The molecule has 102 valence electrons. The fourth-order valence-electron chi connectivity index (χ4n) is 3.10. The molecule has 1 aromatic heterocycles. The molecule has 1 saturated carbocycles. The van der Waals surface area contributed by atoms with E-state index in [-0.39, 0.29) is 0 Å². The van der Waals surface area contributed by atoms with Gasteiger partial charge >= 0.3 is 0 Å². The van der Waals surface area contributed by atoms with E-state index in [1.54, 1.807) is 0 Å². The van der Waals surface area contributed by atoms with Crippen LogP contribution in [0.15, 0.2) is 24.3 Å². The molecule has 1 fully saturated rings. The highest BCUT2D eigenvalue weighted by molar-refractivity contribution is 5.77. The van der Waals surface area contributed by atoms with Crippen LogP contribution in [0, 0.1) is 5.92 Å². The molecule has 2 aromatic rings. The molecule has 4 N–H and O–H groups in total. The summed E-state index contributed by atoms with van der Waals surface area (Å²) in [6.07, 6.45) is 6.62. The van der Waals surface area contributed by atoms with E-state index in [1.165, 1.54) is 32.1 Å². The summed E-state index contributed by atoms with van der Waals surface area (Å²) in [5.74, 6) is 1.54. The van der Waals surface area contributed by atoms with Gasteiger partial charge in [0.05, 0.1) is 11.0 Å². The maximum atomic E-state index is 5.94. The van der Waals surface area contributed by atoms with Gasteiger partial charge in [0.15, 0.2) is 0 Å². The van der Waals surface area contributed by atoms with Gasteiger partial charge in [-0.15, -0.1) is 0 Å². The number of imidazole rings is 1. The molecule has 0 radical (unpaired) electrons. The van der Waals surface area contributed by atoms with Gasteiger partial charge in [-0.3, -0.25) is 0 Å². The van der Waals surface area contributed by atoms with Crippen molar-refractivity contribution in [2.75, 3.05) is 11.9 Å². The molecule has 0 spiro atoms. The van der Waals surface area contributed by atoms with Crippen LogP contribution in [0.25, 0.3) is 11.0 Å². The van der Waals surface area contributed by atoms with E-state index >= 15 is 0 Å². The van der Waals surface area contributed by atoms with Gasteiger partial charge in [-0.2, -0.15) is 0 Å². The number of para-hydroxylation sites is 2. The molecular weight excluding hydrogens is 236 g/mol. The Kier molecular flexibility index (Phi) is 3.69. The molecule has 19 heavy (non-hydrogen) atoms. The first kappa shape index (κ1) is 12.5. The molecule has 0 amide bonds. The van der Waals surface area contributed by atoms with Crippen LogP contribution >= 0.6 is 0 Å². The van der Waals surface area contributed by atoms with Crippen LogP contribution in [0.1, 0.15) is 32.1 Å². The van der Waals surface area contributed by atoms with Crippen molar-refractivity contribution in [3.05, 3.63) is 24.3 Å². The zero-order valence-electron chi connectivity index (χ0n) is 11.2. The zero-order valence-corrected chi connectivity index (χ0v) is 11.2. The molecule has 0 aliphatic heterocycles. The van der Waals surface area contributed by atoms with Crippen molar-refractivity contribution in [3.8, 4) is 0 Å². The maximum absolute atomic E-state index is 5.94. The minimum Gasteiger partial charge on any atom is -0.352 e. The molecule has 1 aromatic carbocycles. The maximum Gasteiger partial charge on any atom is 0.201 e. The highest BCUT2D eigenvalue weighted by atomic mass is 15.1. The number of rotatable bonds is 4. The second-order valence-corrected chi connectivity index (χ2v) is 5.49. The lowest BCUT2D eigenvalue weighted by Crippen LogP contribution is -2.37. The predicted octanol–water partition coefficient (Wildman–Crippen LogP) is 2.88. The third-order valence-corrected chi connectivity index (χ3v) is 4.18. The van der Waals surface area contributed by atoms with Gasteiger partial charge < -0.3 is 16.0 Å². The number of hydrogen-bond acceptors (Lipinski definition) is 3. The van der Waals surface area contributed by atoms with E-state index in [0.29, 0.717) is 18.5 Å². The van der Waals surface area contributed by atoms with E-state index in [0.717, 1.165) is 17.0 Å². The van der Waals surface area contributed by atoms with Crippen molar-refractivity contribution in [1.82, 2.24) is 9.97 Å². The van der Waals surface area contributed by atoms with Crippen LogP contribution in [0.4, 0.5) is 5.95 Å². The molecule has 0 bridgehead atoms. The molecule has 1 heterocycles. The zero-order chi connectivity index (χ0) is 13.1. The molecule has 0 saturated heterocycles. The van der Waals surface area contributed by atoms with Gasteiger partial charge in [0, 0.05) is 12.6 Å². The summed E-state index contributed by atoms with van der Waals surface area (Å²) in [6.45, 7) is 0.668. The summed E-state index contributed by atoms with van der Waals surface area (Å²) in [6, 6.07) is 8.43. The number of hydrogen-bond donors (Lipinski definition) is 3. The number of aromatic nitrogens is 2. The highest BCUT2D eigenvalue weighted by Crippen LogP contribution is 2.27. The van der Waals surface area contributed by atoms with Gasteiger partial charge in [0.1, 0.15) is 0 Å². The van der Waals surface area contributed by atoms with Crippen molar-refractivity contribution in [2.45, 2.75) is 38.1 Å². The predicted molar refractivity (Wildman–Crippen MR) is 79.1 cm³/mol.